The minimum atomic E-state index is -0.722. The molecule has 1 aliphatic rings. The normalized spacial score (nSPS) is 28.6. The first-order chi connectivity index (χ1) is 7.09. The number of aliphatic carboxylic acids is 1. The molecule has 0 radical (unpaired) electrons. The summed E-state index contributed by atoms with van der Waals surface area (Å²) in [4.78, 5) is 13.2. The molecule has 1 rings (SSSR count). The van der Waals surface area contributed by atoms with Crippen molar-refractivity contribution >= 4 is 5.97 Å². The Labute approximate surface area is 90.5 Å². The topological polar surface area (TPSA) is 64.3 Å². The Bertz CT molecular complexity index is 285. The summed E-state index contributed by atoms with van der Waals surface area (Å²) in [5.74, 6) is -0.722. The van der Waals surface area contributed by atoms with Crippen molar-refractivity contribution in [2.24, 2.45) is 5.41 Å². The van der Waals surface area contributed by atoms with Gasteiger partial charge in [0.15, 0.2) is 0 Å². The maximum Gasteiger partial charge on any atom is 0.310 e. The van der Waals surface area contributed by atoms with Gasteiger partial charge < -0.3 is 5.11 Å². The Balaban J connectivity index is 2.73. The van der Waals surface area contributed by atoms with Crippen molar-refractivity contribution in [1.29, 1.82) is 5.26 Å². The van der Waals surface area contributed by atoms with E-state index in [0.29, 0.717) is 19.4 Å². The van der Waals surface area contributed by atoms with Crippen LogP contribution in [0.15, 0.2) is 0 Å². The lowest BCUT2D eigenvalue weighted by Gasteiger charge is -2.25. The molecule has 0 aliphatic carbocycles. The van der Waals surface area contributed by atoms with Gasteiger partial charge in [0.25, 0.3) is 0 Å². The first-order valence-electron chi connectivity index (χ1n) is 5.46. The molecule has 0 amide bonds. The fourth-order valence-corrected chi connectivity index (χ4v) is 2.22. The molecule has 0 aromatic heterocycles. The number of nitrogens with zero attached hydrogens (tertiary/aromatic N) is 2. The van der Waals surface area contributed by atoms with Crippen LogP contribution in [0.25, 0.3) is 0 Å². The summed E-state index contributed by atoms with van der Waals surface area (Å²) in [5, 5.41) is 18.1. The predicted molar refractivity (Wildman–Crippen MR) is 56.2 cm³/mol. The lowest BCUT2D eigenvalue weighted by Crippen LogP contribution is -2.37. The molecular weight excluding hydrogens is 192 g/mol. The molecular formula is C11H18N2O2. The van der Waals surface area contributed by atoms with E-state index in [2.05, 4.69) is 6.07 Å². The summed E-state index contributed by atoms with van der Waals surface area (Å²) in [6.45, 7) is 5.11. The molecule has 4 nitrogen and oxygen atoms in total. The molecule has 2 unspecified atom stereocenters. The first-order valence-corrected chi connectivity index (χ1v) is 5.46. The zero-order valence-electron chi connectivity index (χ0n) is 9.36. The zero-order chi connectivity index (χ0) is 11.5. The van der Waals surface area contributed by atoms with Crippen LogP contribution in [0.4, 0.5) is 0 Å². The smallest absolute Gasteiger partial charge is 0.310 e. The van der Waals surface area contributed by atoms with E-state index in [1.807, 2.05) is 18.7 Å². The van der Waals surface area contributed by atoms with Gasteiger partial charge >= 0.3 is 5.97 Å². The molecule has 0 bridgehead atoms. The third-order valence-corrected chi connectivity index (χ3v) is 3.49. The van der Waals surface area contributed by atoms with E-state index in [0.717, 1.165) is 13.0 Å². The number of likely N-dealkylation sites (tertiary alicyclic amines) is 1. The summed E-state index contributed by atoms with van der Waals surface area (Å²) in [6.07, 6.45) is 2.06. The van der Waals surface area contributed by atoms with E-state index in [4.69, 9.17) is 5.26 Å². The fraction of sp³-hybridized carbons (Fsp3) is 0.818. The van der Waals surface area contributed by atoms with Gasteiger partial charge in [-0.2, -0.15) is 5.26 Å². The lowest BCUT2D eigenvalue weighted by atomic mass is 9.84. The number of carboxylic acids is 1. The van der Waals surface area contributed by atoms with Crippen molar-refractivity contribution in [3.8, 4) is 6.07 Å². The molecule has 4 heteroatoms. The number of hydrogen-bond donors (Lipinski definition) is 1. The van der Waals surface area contributed by atoms with Crippen LogP contribution in [0, 0.1) is 16.7 Å². The number of nitriles is 1. The van der Waals surface area contributed by atoms with Crippen molar-refractivity contribution in [1.82, 2.24) is 4.90 Å². The van der Waals surface area contributed by atoms with Crippen LogP contribution >= 0.6 is 0 Å². The van der Waals surface area contributed by atoms with Gasteiger partial charge in [0.05, 0.1) is 17.5 Å². The molecule has 84 valence electrons. The average Bonchev–Trinajstić information content (AvgIpc) is 2.65. The average molecular weight is 210 g/mol. The number of hydrogen-bond acceptors (Lipinski definition) is 3. The van der Waals surface area contributed by atoms with Gasteiger partial charge in [0.2, 0.25) is 0 Å². The highest BCUT2D eigenvalue weighted by Crippen LogP contribution is 2.35. The van der Waals surface area contributed by atoms with Crippen LogP contribution in [0.3, 0.4) is 0 Å². The van der Waals surface area contributed by atoms with E-state index in [9.17, 15) is 9.90 Å². The van der Waals surface area contributed by atoms with Gasteiger partial charge in [-0.05, 0) is 19.3 Å². The van der Waals surface area contributed by atoms with Crippen LogP contribution in [0.5, 0.6) is 0 Å². The van der Waals surface area contributed by atoms with Crippen LogP contribution in [0.2, 0.25) is 0 Å². The Morgan fingerprint density at radius 1 is 1.67 bits per heavy atom. The molecule has 0 saturated carbocycles. The molecule has 1 aliphatic heterocycles. The standard InChI is InChI=1S/C11H18N2O2/c1-3-9(7-12)13-6-5-11(4-2,8-13)10(14)15/h9H,3-6,8H2,1-2H3,(H,14,15). The Morgan fingerprint density at radius 2 is 2.33 bits per heavy atom. The maximum absolute atomic E-state index is 11.2. The second-order valence-corrected chi connectivity index (χ2v) is 4.21. The highest BCUT2D eigenvalue weighted by Gasteiger charge is 2.44. The van der Waals surface area contributed by atoms with Gasteiger partial charge in [-0.1, -0.05) is 13.8 Å². The molecule has 15 heavy (non-hydrogen) atoms. The largest absolute Gasteiger partial charge is 0.481 e. The van der Waals surface area contributed by atoms with Crippen LogP contribution in [-0.4, -0.2) is 35.1 Å². The summed E-state index contributed by atoms with van der Waals surface area (Å²) in [7, 11) is 0. The molecule has 0 spiro atoms. The highest BCUT2D eigenvalue weighted by molar-refractivity contribution is 5.75. The maximum atomic E-state index is 11.2. The molecule has 2 atom stereocenters. The van der Waals surface area contributed by atoms with Crippen molar-refractivity contribution in [3.63, 3.8) is 0 Å². The third-order valence-electron chi connectivity index (χ3n) is 3.49. The predicted octanol–water partition coefficient (Wildman–Crippen LogP) is 1.48. The van der Waals surface area contributed by atoms with Gasteiger partial charge in [0, 0.05) is 13.1 Å². The van der Waals surface area contributed by atoms with Crippen molar-refractivity contribution in [3.05, 3.63) is 0 Å². The fourth-order valence-electron chi connectivity index (χ4n) is 2.22. The third kappa shape index (κ3) is 2.13. The van der Waals surface area contributed by atoms with Gasteiger partial charge in [-0.3, -0.25) is 9.69 Å². The minimum absolute atomic E-state index is 0.127. The van der Waals surface area contributed by atoms with Crippen molar-refractivity contribution in [2.75, 3.05) is 13.1 Å². The SMILES string of the molecule is CCC(C#N)N1CCC(CC)(C(=O)O)C1. The monoisotopic (exact) mass is 210 g/mol. The van der Waals surface area contributed by atoms with Crippen LogP contribution in [0.1, 0.15) is 33.1 Å². The van der Waals surface area contributed by atoms with E-state index < -0.39 is 11.4 Å². The van der Waals surface area contributed by atoms with Gasteiger partial charge in [-0.25, -0.2) is 0 Å². The molecule has 1 N–H and O–H groups in total. The summed E-state index contributed by atoms with van der Waals surface area (Å²) in [5.41, 5.74) is -0.621. The van der Waals surface area contributed by atoms with Crippen molar-refractivity contribution in [2.45, 2.75) is 39.2 Å². The second-order valence-electron chi connectivity index (χ2n) is 4.21. The molecule has 1 saturated heterocycles. The first kappa shape index (κ1) is 12.0. The Hall–Kier alpha value is -1.08. The number of carbonyl (C=O) groups is 1. The van der Waals surface area contributed by atoms with Crippen molar-refractivity contribution < 1.29 is 9.90 Å². The Morgan fingerprint density at radius 3 is 2.67 bits per heavy atom. The van der Waals surface area contributed by atoms with Crippen LogP contribution < -0.4 is 0 Å². The lowest BCUT2D eigenvalue weighted by molar-refractivity contribution is -0.148. The number of carboxylic acid groups (broad SMARTS) is 1. The van der Waals surface area contributed by atoms with Gasteiger partial charge in [-0.15, -0.1) is 0 Å². The quantitative estimate of drug-likeness (QED) is 0.763. The van der Waals surface area contributed by atoms with E-state index in [1.165, 1.54) is 0 Å². The molecule has 0 aromatic carbocycles. The number of rotatable bonds is 4. The summed E-state index contributed by atoms with van der Waals surface area (Å²) >= 11 is 0. The van der Waals surface area contributed by atoms with Gasteiger partial charge in [0.1, 0.15) is 0 Å². The van der Waals surface area contributed by atoms with E-state index in [-0.39, 0.29) is 6.04 Å². The summed E-state index contributed by atoms with van der Waals surface area (Å²) < 4.78 is 0. The minimum Gasteiger partial charge on any atom is -0.481 e. The summed E-state index contributed by atoms with van der Waals surface area (Å²) in [6, 6.07) is 2.10. The van der Waals surface area contributed by atoms with E-state index in [1.54, 1.807) is 0 Å². The second kappa shape index (κ2) is 4.63. The van der Waals surface area contributed by atoms with E-state index >= 15 is 0 Å². The molecule has 1 fully saturated rings. The molecule has 1 heterocycles. The Kier molecular flexibility index (Phi) is 3.70. The highest BCUT2D eigenvalue weighted by atomic mass is 16.4. The zero-order valence-corrected chi connectivity index (χ0v) is 9.36. The molecule has 0 aromatic rings. The van der Waals surface area contributed by atoms with Crippen LogP contribution in [-0.2, 0) is 4.79 Å².